The van der Waals surface area contributed by atoms with E-state index in [1.165, 1.54) is 0 Å². The van der Waals surface area contributed by atoms with Crippen molar-refractivity contribution < 1.29 is 10.0 Å². The summed E-state index contributed by atoms with van der Waals surface area (Å²) in [5, 5.41) is 14.9. The summed E-state index contributed by atoms with van der Waals surface area (Å²) in [4.78, 5) is 18.0. The first-order valence-electron chi connectivity index (χ1n) is 6.99. The molecule has 1 heterocycles. The summed E-state index contributed by atoms with van der Waals surface area (Å²) in [7, 11) is 0. The number of hydrogen-bond donors (Lipinski definition) is 3. The number of oxime groups is 1. The molecule has 0 bridgehead atoms. The lowest BCUT2D eigenvalue weighted by Crippen LogP contribution is -2.44. The molecule has 4 N–H and O–H groups in total. The molecule has 0 spiro atoms. The minimum absolute atomic E-state index is 0.0462. The lowest BCUT2D eigenvalue weighted by atomic mass is 10.1. The predicted octanol–water partition coefficient (Wildman–Crippen LogP) is 0.523. The molecule has 1 atom stereocenters. The Kier molecular flexibility index (Phi) is 6.61. The summed E-state index contributed by atoms with van der Waals surface area (Å²) >= 11 is 0. The van der Waals surface area contributed by atoms with E-state index in [9.17, 15) is 4.79 Å². The number of rotatable bonds is 7. The maximum Gasteiger partial charge on any atom is 0.239 e. The Bertz CT molecular complexity index is 500. The van der Waals surface area contributed by atoms with Crippen LogP contribution in [0.25, 0.3) is 0 Å². The van der Waals surface area contributed by atoms with E-state index in [2.05, 4.69) is 15.5 Å². The predicted molar refractivity (Wildman–Crippen MR) is 81.0 cm³/mol. The first kappa shape index (κ1) is 16.9. The summed E-state index contributed by atoms with van der Waals surface area (Å²) in [6.45, 7) is 7.50. The van der Waals surface area contributed by atoms with Crippen molar-refractivity contribution >= 4 is 11.7 Å². The van der Waals surface area contributed by atoms with Crippen LogP contribution < -0.4 is 11.1 Å². The average molecular weight is 293 g/mol. The van der Waals surface area contributed by atoms with Crippen LogP contribution in [0.3, 0.4) is 0 Å². The minimum Gasteiger partial charge on any atom is -0.409 e. The van der Waals surface area contributed by atoms with E-state index >= 15 is 0 Å². The SMILES string of the molecule is CCN(CC)C(=O)C(C)NCc1cccnc1/C(N)=N/O. The van der Waals surface area contributed by atoms with Crippen LogP contribution in [0, 0.1) is 0 Å². The van der Waals surface area contributed by atoms with E-state index in [4.69, 9.17) is 10.9 Å². The Labute approximate surface area is 124 Å². The summed E-state index contributed by atoms with van der Waals surface area (Å²) < 4.78 is 0. The van der Waals surface area contributed by atoms with Gasteiger partial charge in [-0.05, 0) is 32.4 Å². The second kappa shape index (κ2) is 8.21. The Morgan fingerprint density at radius 3 is 2.76 bits per heavy atom. The minimum atomic E-state index is -0.315. The molecule has 0 radical (unpaired) electrons. The van der Waals surface area contributed by atoms with Gasteiger partial charge in [0, 0.05) is 25.8 Å². The Morgan fingerprint density at radius 1 is 1.52 bits per heavy atom. The van der Waals surface area contributed by atoms with Crippen molar-refractivity contribution in [1.82, 2.24) is 15.2 Å². The molecule has 0 saturated heterocycles. The second-order valence-electron chi connectivity index (χ2n) is 4.61. The molecule has 21 heavy (non-hydrogen) atoms. The quantitative estimate of drug-likeness (QED) is 0.294. The second-order valence-corrected chi connectivity index (χ2v) is 4.61. The van der Waals surface area contributed by atoms with E-state index in [0.717, 1.165) is 5.56 Å². The van der Waals surface area contributed by atoms with Gasteiger partial charge in [-0.15, -0.1) is 0 Å². The maximum absolute atomic E-state index is 12.2. The fourth-order valence-electron chi connectivity index (χ4n) is 2.02. The standard InChI is InChI=1S/C14H23N5O2/c1-4-19(5-2)14(20)10(3)17-9-11-7-6-8-16-12(11)13(15)18-21/h6-8,10,17,21H,4-5,9H2,1-3H3,(H2,15,18). The van der Waals surface area contributed by atoms with Gasteiger partial charge in [0.25, 0.3) is 0 Å². The topological polar surface area (TPSA) is 104 Å². The molecule has 1 amide bonds. The summed E-state index contributed by atoms with van der Waals surface area (Å²) in [6, 6.07) is 3.27. The van der Waals surface area contributed by atoms with E-state index in [-0.39, 0.29) is 17.8 Å². The zero-order valence-corrected chi connectivity index (χ0v) is 12.7. The number of likely N-dealkylation sites (N-methyl/N-ethyl adjacent to an activating group) is 1. The van der Waals surface area contributed by atoms with Crippen molar-refractivity contribution in [3.63, 3.8) is 0 Å². The van der Waals surface area contributed by atoms with Gasteiger partial charge in [0.15, 0.2) is 5.84 Å². The largest absolute Gasteiger partial charge is 0.409 e. The normalized spacial score (nSPS) is 13.0. The van der Waals surface area contributed by atoms with Crippen LogP contribution in [0.15, 0.2) is 23.5 Å². The number of aromatic nitrogens is 1. The van der Waals surface area contributed by atoms with E-state index in [0.29, 0.717) is 25.3 Å². The number of carbonyl (C=O) groups is 1. The molecule has 7 heteroatoms. The number of nitrogens with two attached hydrogens (primary N) is 1. The lowest BCUT2D eigenvalue weighted by Gasteiger charge is -2.23. The molecule has 0 aliphatic rings. The maximum atomic E-state index is 12.2. The molecule has 0 aliphatic heterocycles. The van der Waals surface area contributed by atoms with Gasteiger partial charge < -0.3 is 21.2 Å². The monoisotopic (exact) mass is 293 g/mol. The highest BCUT2D eigenvalue weighted by atomic mass is 16.4. The van der Waals surface area contributed by atoms with E-state index in [1.807, 2.05) is 26.8 Å². The smallest absolute Gasteiger partial charge is 0.239 e. The number of amidine groups is 1. The van der Waals surface area contributed by atoms with Crippen LogP contribution in [0.5, 0.6) is 0 Å². The molecule has 1 aromatic rings. The van der Waals surface area contributed by atoms with Gasteiger partial charge in [-0.3, -0.25) is 9.78 Å². The summed E-state index contributed by atoms with van der Waals surface area (Å²) in [5.41, 5.74) is 6.77. The third-order valence-corrected chi connectivity index (χ3v) is 3.29. The van der Waals surface area contributed by atoms with Crippen LogP contribution in [-0.2, 0) is 11.3 Å². The zero-order valence-electron chi connectivity index (χ0n) is 12.7. The Balaban J connectivity index is 2.74. The third kappa shape index (κ3) is 4.42. The molecule has 0 saturated carbocycles. The van der Waals surface area contributed by atoms with Crippen molar-refractivity contribution in [2.75, 3.05) is 13.1 Å². The van der Waals surface area contributed by atoms with Crippen molar-refractivity contribution in [2.45, 2.75) is 33.4 Å². The molecular formula is C14H23N5O2. The van der Waals surface area contributed by atoms with Gasteiger partial charge in [0.05, 0.1) is 6.04 Å². The molecule has 0 aromatic carbocycles. The van der Waals surface area contributed by atoms with E-state index in [1.54, 1.807) is 17.2 Å². The first-order valence-corrected chi connectivity index (χ1v) is 6.99. The van der Waals surface area contributed by atoms with Crippen molar-refractivity contribution in [3.8, 4) is 0 Å². The van der Waals surface area contributed by atoms with Crippen LogP contribution in [0.4, 0.5) is 0 Å². The fraction of sp³-hybridized carbons (Fsp3) is 0.500. The van der Waals surface area contributed by atoms with Gasteiger partial charge in [-0.2, -0.15) is 0 Å². The zero-order chi connectivity index (χ0) is 15.8. The number of amides is 1. The molecule has 1 aromatic heterocycles. The highest BCUT2D eigenvalue weighted by Crippen LogP contribution is 2.06. The number of nitrogens with one attached hydrogen (secondary N) is 1. The van der Waals surface area contributed by atoms with Crippen LogP contribution in [0.1, 0.15) is 32.0 Å². The van der Waals surface area contributed by atoms with Gasteiger partial charge >= 0.3 is 0 Å². The molecule has 1 unspecified atom stereocenters. The van der Waals surface area contributed by atoms with Crippen LogP contribution in [0.2, 0.25) is 0 Å². The fourth-order valence-corrected chi connectivity index (χ4v) is 2.02. The van der Waals surface area contributed by atoms with E-state index < -0.39 is 0 Å². The molecule has 116 valence electrons. The molecule has 1 rings (SSSR count). The highest BCUT2D eigenvalue weighted by Gasteiger charge is 2.18. The van der Waals surface area contributed by atoms with Crippen LogP contribution >= 0.6 is 0 Å². The van der Waals surface area contributed by atoms with Gasteiger partial charge in [0.1, 0.15) is 5.69 Å². The highest BCUT2D eigenvalue weighted by molar-refractivity contribution is 5.96. The van der Waals surface area contributed by atoms with Gasteiger partial charge in [-0.25, -0.2) is 0 Å². The Morgan fingerprint density at radius 2 is 2.19 bits per heavy atom. The van der Waals surface area contributed by atoms with Gasteiger partial charge in [0.2, 0.25) is 5.91 Å². The average Bonchev–Trinajstić information content (AvgIpc) is 2.53. The summed E-state index contributed by atoms with van der Waals surface area (Å²) in [6.07, 6.45) is 1.57. The number of nitrogens with zero attached hydrogens (tertiary/aromatic N) is 3. The van der Waals surface area contributed by atoms with Gasteiger partial charge in [-0.1, -0.05) is 11.2 Å². The third-order valence-electron chi connectivity index (χ3n) is 3.29. The molecule has 0 fully saturated rings. The van der Waals surface area contributed by atoms with Crippen LogP contribution in [-0.4, -0.2) is 46.0 Å². The lowest BCUT2D eigenvalue weighted by molar-refractivity contribution is -0.132. The van der Waals surface area contributed by atoms with Crippen molar-refractivity contribution in [3.05, 3.63) is 29.6 Å². The number of hydrogen-bond acceptors (Lipinski definition) is 5. The number of pyridine rings is 1. The molecule has 0 aliphatic carbocycles. The Hall–Kier alpha value is -2.15. The first-order chi connectivity index (χ1) is 10.0. The van der Waals surface area contributed by atoms with Crippen molar-refractivity contribution in [2.24, 2.45) is 10.9 Å². The summed E-state index contributed by atoms with van der Waals surface area (Å²) in [5.74, 6) is 0.00404. The number of carbonyl (C=O) groups excluding carboxylic acids is 1. The van der Waals surface area contributed by atoms with Crippen molar-refractivity contribution in [1.29, 1.82) is 0 Å². The molecule has 7 nitrogen and oxygen atoms in total. The molecular weight excluding hydrogens is 270 g/mol.